The number of aliphatic hydroxyl groups is 2. The van der Waals surface area contributed by atoms with Gasteiger partial charge in [-0.3, -0.25) is 23.2 Å². The number of hydrogen-bond donors (Lipinski definition) is 5. The topological polar surface area (TPSA) is 216 Å². The second kappa shape index (κ2) is 39.1. The van der Waals surface area contributed by atoms with Gasteiger partial charge < -0.3 is 34.4 Å². The number of aliphatic hydroxyl groups excluding tert-OH is 2. The molecule has 60 heavy (non-hydrogen) atoms. The van der Waals surface area contributed by atoms with E-state index < -0.39 is 72.3 Å². The van der Waals surface area contributed by atoms with Gasteiger partial charge >= 0.3 is 27.6 Å². The van der Waals surface area contributed by atoms with Crippen LogP contribution in [-0.2, 0) is 41.8 Å². The van der Waals surface area contributed by atoms with E-state index in [1.807, 2.05) is 42.5 Å². The van der Waals surface area contributed by atoms with Crippen molar-refractivity contribution in [2.75, 3.05) is 26.4 Å². The maximum atomic E-state index is 12.6. The summed E-state index contributed by atoms with van der Waals surface area (Å²) in [6.45, 7) is 1.46. The molecule has 1 unspecified atom stereocenters. The molecule has 14 nitrogen and oxygen atoms in total. The first-order chi connectivity index (χ1) is 28.8. The van der Waals surface area contributed by atoms with Crippen LogP contribution in [0.3, 0.4) is 0 Å². The minimum Gasteiger partial charge on any atom is -0.462 e. The molecule has 5 N–H and O–H groups in total. The van der Waals surface area contributed by atoms with E-state index in [1.165, 1.54) is 19.3 Å². The molecule has 0 aliphatic rings. The van der Waals surface area contributed by atoms with Crippen LogP contribution in [0.15, 0.2) is 85.1 Å². The predicted octanol–water partition coefficient (Wildman–Crippen LogP) is 9.75. The molecular formula is C44H74O14P2. The Bertz CT molecular complexity index is 1400. The molecule has 0 aromatic carbocycles. The molecule has 0 rings (SSSR count). The number of unbranched alkanes of at least 4 members (excludes halogenated alkanes) is 8. The van der Waals surface area contributed by atoms with Gasteiger partial charge in [-0.1, -0.05) is 131 Å². The third-order valence-electron chi connectivity index (χ3n) is 8.35. The van der Waals surface area contributed by atoms with E-state index in [0.29, 0.717) is 19.3 Å². The third kappa shape index (κ3) is 42.0. The summed E-state index contributed by atoms with van der Waals surface area (Å²) in [7, 11) is -9.73. The van der Waals surface area contributed by atoms with Crippen LogP contribution >= 0.6 is 15.6 Å². The molecule has 4 atom stereocenters. The van der Waals surface area contributed by atoms with Gasteiger partial charge in [0, 0.05) is 12.8 Å². The van der Waals surface area contributed by atoms with Crippen LogP contribution < -0.4 is 0 Å². The fourth-order valence-electron chi connectivity index (χ4n) is 5.04. The Kier molecular flexibility index (Phi) is 37.3. The number of phosphoric ester groups is 2. The van der Waals surface area contributed by atoms with E-state index in [0.717, 1.165) is 70.6 Å². The highest BCUT2D eigenvalue weighted by atomic mass is 31.2. The van der Waals surface area contributed by atoms with Crippen molar-refractivity contribution in [2.45, 2.75) is 154 Å². The number of rotatable bonds is 39. The van der Waals surface area contributed by atoms with Crippen LogP contribution in [0.5, 0.6) is 0 Å². The van der Waals surface area contributed by atoms with Crippen molar-refractivity contribution in [3.05, 3.63) is 85.1 Å². The van der Waals surface area contributed by atoms with Gasteiger partial charge in [0.25, 0.3) is 0 Å². The zero-order valence-electron chi connectivity index (χ0n) is 35.9. The first kappa shape index (κ1) is 57.3. The fourth-order valence-corrected chi connectivity index (χ4v) is 6.20. The summed E-state index contributed by atoms with van der Waals surface area (Å²) < 4.78 is 47.6. The SMILES string of the molecule is CCCCC/C=C\C/C=C\C/C=C\CCCCC(=O)OC[C@H](COP(=O)(O)OC[C@@H](O)COP(=O)(O)O)OC(=O)CCC/C=C\C/C=C\C/C=C\C=C\[C@@H](O)CCCCC. The van der Waals surface area contributed by atoms with Gasteiger partial charge in [0.15, 0.2) is 6.10 Å². The minimum absolute atomic E-state index is 0.0226. The molecule has 0 aromatic rings. The number of carbonyl (C=O) groups excluding carboxylic acids is 2. The lowest BCUT2D eigenvalue weighted by Gasteiger charge is -2.20. The first-order valence-corrected chi connectivity index (χ1v) is 24.4. The van der Waals surface area contributed by atoms with Crippen LogP contribution in [0.2, 0.25) is 0 Å². The number of phosphoric acid groups is 2. The van der Waals surface area contributed by atoms with Crippen LogP contribution in [-0.4, -0.2) is 81.6 Å². The lowest BCUT2D eigenvalue weighted by Crippen LogP contribution is -2.29. The van der Waals surface area contributed by atoms with Crippen molar-refractivity contribution < 1.29 is 66.7 Å². The van der Waals surface area contributed by atoms with Crippen LogP contribution in [0.4, 0.5) is 0 Å². The predicted molar refractivity (Wildman–Crippen MR) is 236 cm³/mol. The van der Waals surface area contributed by atoms with E-state index in [1.54, 1.807) is 6.08 Å². The quantitative estimate of drug-likeness (QED) is 0.0128. The molecule has 0 amide bonds. The van der Waals surface area contributed by atoms with E-state index in [2.05, 4.69) is 59.4 Å². The highest BCUT2D eigenvalue weighted by Gasteiger charge is 2.28. The Balaban J connectivity index is 4.75. The molecule has 0 radical (unpaired) electrons. The van der Waals surface area contributed by atoms with Crippen molar-refractivity contribution in [3.8, 4) is 0 Å². The Morgan fingerprint density at radius 2 is 1.05 bits per heavy atom. The monoisotopic (exact) mass is 888 g/mol. The maximum absolute atomic E-state index is 12.6. The number of hydrogen-bond acceptors (Lipinski definition) is 11. The largest absolute Gasteiger partial charge is 0.472 e. The average molecular weight is 889 g/mol. The Morgan fingerprint density at radius 3 is 1.65 bits per heavy atom. The van der Waals surface area contributed by atoms with Gasteiger partial charge in [-0.05, 0) is 77.0 Å². The van der Waals surface area contributed by atoms with Crippen molar-refractivity contribution in [1.29, 1.82) is 0 Å². The summed E-state index contributed by atoms with van der Waals surface area (Å²) in [6, 6.07) is 0. The van der Waals surface area contributed by atoms with Gasteiger partial charge in [0.05, 0.1) is 25.9 Å². The summed E-state index contributed by atoms with van der Waals surface area (Å²) in [5, 5.41) is 19.6. The average Bonchev–Trinajstić information content (AvgIpc) is 3.20. The van der Waals surface area contributed by atoms with Gasteiger partial charge in [0.2, 0.25) is 0 Å². The molecule has 0 aromatic heterocycles. The van der Waals surface area contributed by atoms with Crippen LogP contribution in [0.25, 0.3) is 0 Å². The molecule has 16 heteroatoms. The van der Waals surface area contributed by atoms with Gasteiger partial charge in [-0.2, -0.15) is 0 Å². The van der Waals surface area contributed by atoms with Gasteiger partial charge in [-0.15, -0.1) is 0 Å². The van der Waals surface area contributed by atoms with E-state index in [9.17, 15) is 33.8 Å². The lowest BCUT2D eigenvalue weighted by molar-refractivity contribution is -0.161. The maximum Gasteiger partial charge on any atom is 0.472 e. The van der Waals surface area contributed by atoms with Crippen molar-refractivity contribution >= 4 is 27.6 Å². The first-order valence-electron chi connectivity index (χ1n) is 21.4. The third-order valence-corrected chi connectivity index (χ3v) is 9.79. The molecule has 0 bridgehead atoms. The molecule has 0 fully saturated rings. The molecule has 0 saturated carbocycles. The number of ether oxygens (including phenoxy) is 2. The van der Waals surface area contributed by atoms with Crippen molar-refractivity contribution in [3.63, 3.8) is 0 Å². The smallest absolute Gasteiger partial charge is 0.462 e. The van der Waals surface area contributed by atoms with Crippen LogP contribution in [0.1, 0.15) is 136 Å². The Hall–Kier alpha value is -2.74. The minimum atomic E-state index is -4.88. The van der Waals surface area contributed by atoms with E-state index in [-0.39, 0.29) is 12.8 Å². The van der Waals surface area contributed by atoms with E-state index >= 15 is 0 Å². The summed E-state index contributed by atoms with van der Waals surface area (Å²) in [4.78, 5) is 52.6. The summed E-state index contributed by atoms with van der Waals surface area (Å²) >= 11 is 0. The number of allylic oxidation sites excluding steroid dienone is 13. The molecule has 0 aliphatic heterocycles. The Morgan fingerprint density at radius 1 is 0.550 bits per heavy atom. The lowest BCUT2D eigenvalue weighted by atomic mass is 10.1. The highest BCUT2D eigenvalue weighted by Crippen LogP contribution is 2.43. The van der Waals surface area contributed by atoms with E-state index in [4.69, 9.17) is 23.8 Å². The Labute approximate surface area is 359 Å². The fraction of sp³-hybridized carbons (Fsp3) is 0.636. The molecule has 0 heterocycles. The number of esters is 2. The van der Waals surface area contributed by atoms with Crippen LogP contribution in [0, 0.1) is 0 Å². The van der Waals surface area contributed by atoms with Gasteiger partial charge in [-0.25, -0.2) is 9.13 Å². The summed E-state index contributed by atoms with van der Waals surface area (Å²) in [6.07, 6.45) is 40.5. The standard InChI is InChI=1S/C44H74O14P2/c1-3-5-7-8-9-10-11-12-13-14-17-20-23-26-30-34-43(47)54-38-42(39-57-60(52,53)56-37-41(46)36-55-59(49,50)51)58-44(48)35-31-27-24-21-18-15-16-19-22-25-29-33-40(45)32-28-6-4-2/h9-10,12-13,15-17,20-22,24-25,29,33,40-42,45-46H,3-8,11,14,18-19,23,26-28,30-32,34-39H2,1-2H3,(H,52,53)(H2,49,50,51)/b10-9-,13-12-,16-15-,20-17-,24-21-,25-22-,33-29+/t40-,41-,42+/m0/s1. The molecule has 344 valence electrons. The molecule has 0 aliphatic carbocycles. The normalized spacial score (nSPS) is 15.4. The zero-order chi connectivity index (χ0) is 44.6. The second-order valence-corrected chi connectivity index (χ2v) is 16.8. The highest BCUT2D eigenvalue weighted by molar-refractivity contribution is 7.47. The molecular weight excluding hydrogens is 814 g/mol. The second-order valence-electron chi connectivity index (χ2n) is 14.1. The van der Waals surface area contributed by atoms with Crippen molar-refractivity contribution in [2.24, 2.45) is 0 Å². The molecule has 0 saturated heterocycles. The molecule has 0 spiro atoms. The summed E-state index contributed by atoms with van der Waals surface area (Å²) in [5.41, 5.74) is 0. The zero-order valence-corrected chi connectivity index (χ0v) is 37.7. The van der Waals surface area contributed by atoms with Gasteiger partial charge in [0.1, 0.15) is 12.7 Å². The van der Waals surface area contributed by atoms with Crippen molar-refractivity contribution in [1.82, 2.24) is 0 Å². The number of carbonyl (C=O) groups is 2. The summed E-state index contributed by atoms with van der Waals surface area (Å²) in [5.74, 6) is -1.18.